The Kier molecular flexibility index (Phi) is 4.87. The molecule has 0 aromatic rings. The molecule has 4 nitrogen and oxygen atoms in total. The predicted octanol–water partition coefficient (Wildman–Crippen LogP) is 1.76. The van der Waals surface area contributed by atoms with Crippen molar-refractivity contribution in [2.45, 2.75) is 57.7 Å². The average molecular weight is 240 g/mol. The molecule has 0 aliphatic carbocycles. The Morgan fingerprint density at radius 1 is 1.53 bits per heavy atom. The zero-order valence-corrected chi connectivity index (χ0v) is 10.4. The van der Waals surface area contributed by atoms with Gasteiger partial charge in [0.05, 0.1) is 0 Å². The van der Waals surface area contributed by atoms with Crippen molar-refractivity contribution in [2.75, 3.05) is 0 Å². The first-order valence-electron chi connectivity index (χ1n) is 6.10. The fraction of sp³-hybridized carbons (Fsp3) is 0.692. The molecule has 0 radical (unpaired) electrons. The Hall–Kier alpha value is -1.16. The van der Waals surface area contributed by atoms with Crippen molar-refractivity contribution < 1.29 is 19.4 Å². The van der Waals surface area contributed by atoms with Crippen molar-refractivity contribution in [1.82, 2.24) is 0 Å². The summed E-state index contributed by atoms with van der Waals surface area (Å²) < 4.78 is 4.97. The molecule has 0 amide bonds. The third-order valence-corrected chi connectivity index (χ3v) is 3.15. The highest BCUT2D eigenvalue weighted by Crippen LogP contribution is 2.17. The number of esters is 1. The minimum atomic E-state index is -1.19. The average Bonchev–Trinajstić information content (AvgIpc) is 2.70. The van der Waals surface area contributed by atoms with Gasteiger partial charge in [-0.1, -0.05) is 6.92 Å². The summed E-state index contributed by atoms with van der Waals surface area (Å²) in [7, 11) is 0. The molecule has 0 bridgehead atoms. The number of carbonyl (C=O) groups is 2. The lowest BCUT2D eigenvalue weighted by molar-refractivity contribution is -0.139. The third-order valence-electron chi connectivity index (χ3n) is 3.15. The van der Waals surface area contributed by atoms with Gasteiger partial charge in [-0.05, 0) is 38.7 Å². The standard InChI is InChI=1S/C13H20O4/c1-3-13(2,16)11(14)7-5-4-6-10-8-9-12(15)17-10/h8-10,16H,3-7H2,1-2H3/t10-,13-/m0/s1. The Morgan fingerprint density at radius 2 is 2.24 bits per heavy atom. The van der Waals surface area contributed by atoms with Crippen LogP contribution in [0.4, 0.5) is 0 Å². The highest BCUT2D eigenvalue weighted by atomic mass is 16.5. The number of aliphatic hydroxyl groups is 1. The summed E-state index contributed by atoms with van der Waals surface area (Å²) in [5, 5.41) is 9.71. The molecule has 0 fully saturated rings. The van der Waals surface area contributed by atoms with Crippen molar-refractivity contribution in [2.24, 2.45) is 0 Å². The Bertz CT molecular complexity index is 317. The first-order valence-corrected chi connectivity index (χ1v) is 6.10. The first-order chi connectivity index (χ1) is 7.95. The fourth-order valence-electron chi connectivity index (χ4n) is 1.67. The quantitative estimate of drug-likeness (QED) is 0.544. The van der Waals surface area contributed by atoms with Gasteiger partial charge in [-0.2, -0.15) is 0 Å². The van der Waals surface area contributed by atoms with Gasteiger partial charge in [0.2, 0.25) is 0 Å². The van der Waals surface area contributed by atoms with E-state index < -0.39 is 5.60 Å². The second kappa shape index (κ2) is 5.96. The molecule has 1 rings (SSSR count). The number of carbonyl (C=O) groups excluding carboxylic acids is 2. The van der Waals surface area contributed by atoms with Crippen LogP contribution in [0.2, 0.25) is 0 Å². The minimum absolute atomic E-state index is 0.112. The molecule has 96 valence electrons. The Morgan fingerprint density at radius 3 is 2.76 bits per heavy atom. The normalized spacial score (nSPS) is 22.3. The Labute approximate surface area is 102 Å². The summed E-state index contributed by atoms with van der Waals surface area (Å²) in [6.07, 6.45) is 6.13. The zero-order valence-electron chi connectivity index (χ0n) is 10.4. The lowest BCUT2D eigenvalue weighted by atomic mass is 9.93. The van der Waals surface area contributed by atoms with Gasteiger partial charge in [-0.3, -0.25) is 4.79 Å². The number of hydrogen-bond donors (Lipinski definition) is 1. The van der Waals surface area contributed by atoms with E-state index in [1.165, 1.54) is 6.08 Å². The number of ketones is 1. The van der Waals surface area contributed by atoms with Crippen LogP contribution < -0.4 is 0 Å². The van der Waals surface area contributed by atoms with Crippen molar-refractivity contribution in [3.63, 3.8) is 0 Å². The minimum Gasteiger partial charge on any atom is -0.455 e. The van der Waals surface area contributed by atoms with E-state index in [4.69, 9.17) is 4.74 Å². The second-order valence-electron chi connectivity index (χ2n) is 4.63. The fourth-order valence-corrected chi connectivity index (χ4v) is 1.67. The van der Waals surface area contributed by atoms with E-state index in [-0.39, 0.29) is 17.9 Å². The predicted molar refractivity (Wildman–Crippen MR) is 63.4 cm³/mol. The summed E-state index contributed by atoms with van der Waals surface area (Å²) in [6, 6.07) is 0. The van der Waals surface area contributed by atoms with Gasteiger partial charge >= 0.3 is 5.97 Å². The summed E-state index contributed by atoms with van der Waals surface area (Å²) in [5.74, 6) is -0.404. The summed E-state index contributed by atoms with van der Waals surface area (Å²) in [4.78, 5) is 22.4. The molecule has 0 saturated heterocycles. The molecule has 1 heterocycles. The largest absolute Gasteiger partial charge is 0.455 e. The molecule has 1 aliphatic heterocycles. The van der Waals surface area contributed by atoms with Crippen LogP contribution in [0.3, 0.4) is 0 Å². The van der Waals surface area contributed by atoms with Gasteiger partial charge in [0, 0.05) is 12.5 Å². The molecule has 2 atom stereocenters. The second-order valence-corrected chi connectivity index (χ2v) is 4.63. The topological polar surface area (TPSA) is 63.6 Å². The van der Waals surface area contributed by atoms with Gasteiger partial charge in [0.1, 0.15) is 11.7 Å². The van der Waals surface area contributed by atoms with Gasteiger partial charge in [0.25, 0.3) is 0 Å². The summed E-state index contributed by atoms with van der Waals surface area (Å²) >= 11 is 0. The van der Waals surface area contributed by atoms with Crippen LogP contribution in [0.15, 0.2) is 12.2 Å². The number of Topliss-reactive ketones (excluding diaryl/α,β-unsaturated/α-hetero) is 1. The highest BCUT2D eigenvalue weighted by molar-refractivity contribution is 5.86. The lowest BCUT2D eigenvalue weighted by Crippen LogP contribution is -2.33. The van der Waals surface area contributed by atoms with E-state index in [1.54, 1.807) is 19.9 Å². The van der Waals surface area contributed by atoms with E-state index in [0.29, 0.717) is 12.8 Å². The van der Waals surface area contributed by atoms with Crippen LogP contribution in [-0.4, -0.2) is 28.6 Å². The molecule has 1 aliphatic rings. The zero-order chi connectivity index (χ0) is 12.9. The molecular formula is C13H20O4. The van der Waals surface area contributed by atoms with Crippen LogP contribution >= 0.6 is 0 Å². The lowest BCUT2D eigenvalue weighted by Gasteiger charge is -2.19. The van der Waals surface area contributed by atoms with Gasteiger partial charge in [-0.15, -0.1) is 0 Å². The summed E-state index contributed by atoms with van der Waals surface area (Å²) in [6.45, 7) is 3.34. The first kappa shape index (κ1) is 13.9. The maximum Gasteiger partial charge on any atom is 0.331 e. The van der Waals surface area contributed by atoms with E-state index in [0.717, 1.165) is 19.3 Å². The van der Waals surface area contributed by atoms with Crippen LogP contribution in [0.25, 0.3) is 0 Å². The van der Waals surface area contributed by atoms with Crippen molar-refractivity contribution in [1.29, 1.82) is 0 Å². The van der Waals surface area contributed by atoms with Gasteiger partial charge < -0.3 is 9.84 Å². The van der Waals surface area contributed by atoms with E-state index in [9.17, 15) is 14.7 Å². The van der Waals surface area contributed by atoms with Crippen molar-refractivity contribution in [3.8, 4) is 0 Å². The van der Waals surface area contributed by atoms with E-state index in [2.05, 4.69) is 0 Å². The monoisotopic (exact) mass is 240 g/mol. The SMILES string of the molecule is CC[C@](C)(O)C(=O)CCCC[C@H]1C=CC(=O)O1. The number of rotatable bonds is 7. The molecule has 0 aromatic carbocycles. The molecule has 0 unspecified atom stereocenters. The molecule has 0 spiro atoms. The maximum atomic E-state index is 11.6. The maximum absolute atomic E-state index is 11.6. The molecule has 0 saturated carbocycles. The number of cyclic esters (lactones) is 1. The number of ether oxygens (including phenoxy) is 1. The molecule has 0 aromatic heterocycles. The van der Waals surface area contributed by atoms with Crippen LogP contribution in [0.1, 0.15) is 46.0 Å². The molecule has 4 heteroatoms. The number of unbranched alkanes of at least 4 members (excludes halogenated alkanes) is 1. The smallest absolute Gasteiger partial charge is 0.331 e. The highest BCUT2D eigenvalue weighted by Gasteiger charge is 2.26. The van der Waals surface area contributed by atoms with Crippen LogP contribution in [0.5, 0.6) is 0 Å². The van der Waals surface area contributed by atoms with Gasteiger partial charge in [-0.25, -0.2) is 4.79 Å². The Balaban J connectivity index is 2.14. The molecular weight excluding hydrogens is 220 g/mol. The van der Waals surface area contributed by atoms with E-state index in [1.807, 2.05) is 0 Å². The molecule has 17 heavy (non-hydrogen) atoms. The van der Waals surface area contributed by atoms with E-state index >= 15 is 0 Å². The van der Waals surface area contributed by atoms with Crippen molar-refractivity contribution in [3.05, 3.63) is 12.2 Å². The van der Waals surface area contributed by atoms with Crippen LogP contribution in [0, 0.1) is 0 Å². The van der Waals surface area contributed by atoms with Crippen molar-refractivity contribution >= 4 is 11.8 Å². The third kappa shape index (κ3) is 4.30. The number of hydrogen-bond acceptors (Lipinski definition) is 4. The summed E-state index contributed by atoms with van der Waals surface area (Å²) in [5.41, 5.74) is -1.19. The van der Waals surface area contributed by atoms with Gasteiger partial charge in [0.15, 0.2) is 5.78 Å². The van der Waals surface area contributed by atoms with Crippen LogP contribution in [-0.2, 0) is 14.3 Å². The molecule has 1 N–H and O–H groups in total.